The van der Waals surface area contributed by atoms with Crippen LogP contribution in [0.1, 0.15) is 0 Å². The number of sulfone groups is 1. The van der Waals surface area contributed by atoms with Crippen LogP contribution in [0.15, 0.2) is 58.5 Å². The van der Waals surface area contributed by atoms with Gasteiger partial charge in [0.2, 0.25) is 9.84 Å². The summed E-state index contributed by atoms with van der Waals surface area (Å²) in [5.41, 5.74) is 0.0431. The quantitative estimate of drug-likeness (QED) is 0.627. The van der Waals surface area contributed by atoms with Gasteiger partial charge in [0, 0.05) is 23.0 Å². The second kappa shape index (κ2) is 7.62. The van der Waals surface area contributed by atoms with E-state index in [1.807, 2.05) is 0 Å². The van der Waals surface area contributed by atoms with E-state index in [-0.39, 0.29) is 15.6 Å². The lowest BCUT2D eigenvalue weighted by molar-refractivity contribution is -0.135. The van der Waals surface area contributed by atoms with Gasteiger partial charge in [0.1, 0.15) is 0 Å². The number of hydrogen-bond acceptors (Lipinski definition) is 5. The molecule has 0 bridgehead atoms. The van der Waals surface area contributed by atoms with E-state index in [2.05, 4.69) is 10.1 Å². The molecular weight excluding hydrogens is 376 g/mol. The second-order valence-electron chi connectivity index (χ2n) is 4.73. The maximum Gasteiger partial charge on any atom is 0.351 e. The number of halogens is 3. The Morgan fingerprint density at radius 1 is 1.16 bits per heavy atom. The Hall–Kier alpha value is -2.45. The minimum absolute atomic E-state index is 0.0431. The largest absolute Gasteiger partial charge is 0.465 e. The molecule has 0 spiro atoms. The van der Waals surface area contributed by atoms with Gasteiger partial charge in [0.05, 0.1) is 12.0 Å². The van der Waals surface area contributed by atoms with Crippen LogP contribution in [0.5, 0.6) is 0 Å². The molecule has 2 aromatic rings. The number of carbonyl (C=O) groups is 1. The molecule has 0 atom stereocenters. The Morgan fingerprint density at radius 3 is 2.48 bits per heavy atom. The van der Waals surface area contributed by atoms with Crippen LogP contribution in [0.4, 0.5) is 14.5 Å². The molecule has 0 fully saturated rings. The summed E-state index contributed by atoms with van der Waals surface area (Å²) in [5, 5.41) is 2.60. The molecule has 0 unspecified atom stereocenters. The van der Waals surface area contributed by atoms with Crippen molar-refractivity contribution in [3.63, 3.8) is 0 Å². The topological polar surface area (TPSA) is 72.5 Å². The van der Waals surface area contributed by atoms with Gasteiger partial charge >= 0.3 is 5.97 Å². The first kappa shape index (κ1) is 18.9. The fourth-order valence-electron chi connectivity index (χ4n) is 1.84. The van der Waals surface area contributed by atoms with Gasteiger partial charge < -0.3 is 10.1 Å². The fourth-order valence-corrected chi connectivity index (χ4v) is 3.41. The lowest BCUT2D eigenvalue weighted by atomic mass is 10.3. The molecule has 2 rings (SSSR count). The average molecular weight is 388 g/mol. The van der Waals surface area contributed by atoms with Crippen LogP contribution in [-0.2, 0) is 19.4 Å². The van der Waals surface area contributed by atoms with Gasteiger partial charge in [0.15, 0.2) is 16.5 Å². The Morgan fingerprint density at radius 2 is 1.88 bits per heavy atom. The molecule has 1 N–H and O–H groups in total. The van der Waals surface area contributed by atoms with Crippen LogP contribution in [0.3, 0.4) is 0 Å². The number of anilines is 1. The van der Waals surface area contributed by atoms with Gasteiger partial charge in [-0.3, -0.25) is 0 Å². The summed E-state index contributed by atoms with van der Waals surface area (Å²) in [6, 6.07) is 8.16. The van der Waals surface area contributed by atoms with Crippen molar-refractivity contribution in [1.82, 2.24) is 0 Å². The van der Waals surface area contributed by atoms with Crippen molar-refractivity contribution < 1.29 is 26.7 Å². The maximum atomic E-state index is 13.2. The predicted molar refractivity (Wildman–Crippen MR) is 88.7 cm³/mol. The molecule has 25 heavy (non-hydrogen) atoms. The summed E-state index contributed by atoms with van der Waals surface area (Å²) < 4.78 is 55.9. The number of benzene rings is 2. The van der Waals surface area contributed by atoms with Crippen molar-refractivity contribution in [3.05, 3.63) is 70.2 Å². The molecular formula is C16H12ClF2NO4S. The first-order chi connectivity index (χ1) is 11.8. The van der Waals surface area contributed by atoms with Gasteiger partial charge in [-0.15, -0.1) is 0 Å². The first-order valence-corrected chi connectivity index (χ1v) is 8.62. The molecule has 0 saturated carbocycles. The van der Waals surface area contributed by atoms with Gasteiger partial charge in [-0.1, -0.05) is 17.7 Å². The zero-order chi connectivity index (χ0) is 18.6. The van der Waals surface area contributed by atoms with Crippen LogP contribution < -0.4 is 5.32 Å². The highest BCUT2D eigenvalue weighted by Gasteiger charge is 2.28. The van der Waals surface area contributed by atoms with Crippen molar-refractivity contribution in [2.45, 2.75) is 4.90 Å². The molecule has 0 saturated heterocycles. The smallest absolute Gasteiger partial charge is 0.351 e. The number of rotatable bonds is 5. The molecule has 0 radical (unpaired) electrons. The van der Waals surface area contributed by atoms with Gasteiger partial charge in [-0.2, -0.15) is 0 Å². The zero-order valence-electron chi connectivity index (χ0n) is 12.8. The summed E-state index contributed by atoms with van der Waals surface area (Å²) in [6.45, 7) is 0. The van der Waals surface area contributed by atoms with Crippen LogP contribution >= 0.6 is 11.6 Å². The lowest BCUT2D eigenvalue weighted by Gasteiger charge is -2.09. The van der Waals surface area contributed by atoms with E-state index in [9.17, 15) is 22.0 Å². The molecule has 2 aromatic carbocycles. The number of ether oxygens (including phenoxy) is 1. The third kappa shape index (κ3) is 4.34. The van der Waals surface area contributed by atoms with E-state index in [0.717, 1.165) is 25.4 Å². The van der Waals surface area contributed by atoms with Crippen molar-refractivity contribution in [2.24, 2.45) is 0 Å². The summed E-state index contributed by atoms with van der Waals surface area (Å²) in [6.07, 6.45) is 0.842. The van der Waals surface area contributed by atoms with E-state index in [0.29, 0.717) is 0 Å². The molecule has 0 aliphatic carbocycles. The molecule has 0 aliphatic rings. The highest BCUT2D eigenvalue weighted by molar-refractivity contribution is 7.96. The van der Waals surface area contributed by atoms with Crippen molar-refractivity contribution in [2.75, 3.05) is 12.4 Å². The summed E-state index contributed by atoms with van der Waals surface area (Å²) in [5.74, 6) is -3.32. The summed E-state index contributed by atoms with van der Waals surface area (Å²) >= 11 is 5.78. The summed E-state index contributed by atoms with van der Waals surface area (Å²) in [7, 11) is -3.24. The van der Waals surface area contributed by atoms with E-state index >= 15 is 0 Å². The number of nitrogens with one attached hydrogen (secondary N) is 1. The Labute approximate surface area is 147 Å². The molecule has 0 aliphatic heterocycles. The Bertz CT molecular complexity index is 945. The van der Waals surface area contributed by atoms with Gasteiger partial charge in [-0.05, 0) is 30.3 Å². The molecule has 0 heterocycles. The van der Waals surface area contributed by atoms with Crippen LogP contribution in [0.25, 0.3) is 0 Å². The fraction of sp³-hybridized carbons (Fsp3) is 0.0625. The molecule has 0 aromatic heterocycles. The average Bonchev–Trinajstić information content (AvgIpc) is 2.57. The number of methoxy groups -OCH3 is 1. The number of hydrogen-bond donors (Lipinski definition) is 1. The van der Waals surface area contributed by atoms with E-state index in [4.69, 9.17) is 11.6 Å². The monoisotopic (exact) mass is 387 g/mol. The normalized spacial score (nSPS) is 11.9. The third-order valence-electron chi connectivity index (χ3n) is 3.07. The number of esters is 1. The van der Waals surface area contributed by atoms with Crippen molar-refractivity contribution in [1.29, 1.82) is 0 Å². The third-order valence-corrected chi connectivity index (χ3v) is 5.05. The van der Waals surface area contributed by atoms with Gasteiger partial charge in [0.25, 0.3) is 0 Å². The minimum Gasteiger partial charge on any atom is -0.465 e. The standard InChI is InChI=1S/C16H12ClF2NO4S/c1-24-16(21)15(9-20-11-5-6-13(18)14(19)8-11)25(22,23)12-4-2-3-10(17)7-12/h2-9,20H,1H3/b15-9+. The minimum atomic E-state index is -4.25. The van der Waals surface area contributed by atoms with Crippen LogP contribution in [-0.4, -0.2) is 21.5 Å². The van der Waals surface area contributed by atoms with E-state index in [1.54, 1.807) is 0 Å². The Kier molecular flexibility index (Phi) is 5.76. The lowest BCUT2D eigenvalue weighted by Crippen LogP contribution is -2.17. The van der Waals surface area contributed by atoms with Crippen LogP contribution in [0, 0.1) is 11.6 Å². The first-order valence-electron chi connectivity index (χ1n) is 6.76. The Balaban J connectivity index is 2.45. The van der Waals surface area contributed by atoms with Gasteiger partial charge in [-0.25, -0.2) is 22.0 Å². The van der Waals surface area contributed by atoms with Crippen molar-refractivity contribution in [3.8, 4) is 0 Å². The zero-order valence-corrected chi connectivity index (χ0v) is 14.4. The second-order valence-corrected chi connectivity index (χ2v) is 7.09. The molecule has 132 valence electrons. The number of carbonyl (C=O) groups excluding carboxylic acids is 1. The van der Waals surface area contributed by atoms with Crippen molar-refractivity contribution >= 4 is 33.1 Å². The summed E-state index contributed by atoms with van der Waals surface area (Å²) in [4.78, 5) is 10.9. The highest BCUT2D eigenvalue weighted by atomic mass is 35.5. The van der Waals surface area contributed by atoms with E-state index in [1.165, 1.54) is 30.3 Å². The molecule has 9 heteroatoms. The SMILES string of the molecule is COC(=O)/C(=C\Nc1ccc(F)c(F)c1)S(=O)(=O)c1cccc(Cl)c1. The van der Waals surface area contributed by atoms with Crippen LogP contribution in [0.2, 0.25) is 5.02 Å². The molecule has 0 amide bonds. The highest BCUT2D eigenvalue weighted by Crippen LogP contribution is 2.23. The predicted octanol–water partition coefficient (Wildman–Crippen LogP) is 3.52. The molecule has 5 nitrogen and oxygen atoms in total. The van der Waals surface area contributed by atoms with E-state index < -0.39 is 32.3 Å². The maximum absolute atomic E-state index is 13.2.